The highest BCUT2D eigenvalue weighted by molar-refractivity contribution is 7.92. The van der Waals surface area contributed by atoms with Gasteiger partial charge in [0.2, 0.25) is 16.0 Å². The van der Waals surface area contributed by atoms with Crippen LogP contribution in [0.3, 0.4) is 0 Å². The van der Waals surface area contributed by atoms with Crippen LogP contribution in [0.5, 0.6) is 0 Å². The lowest BCUT2D eigenvalue weighted by Gasteiger charge is -2.09. The summed E-state index contributed by atoms with van der Waals surface area (Å²) in [6, 6.07) is 0.269. The van der Waals surface area contributed by atoms with Gasteiger partial charge in [-0.2, -0.15) is 10.1 Å². The molecule has 0 amide bonds. The van der Waals surface area contributed by atoms with Gasteiger partial charge in [0.05, 0.1) is 5.75 Å². The fourth-order valence-corrected chi connectivity index (χ4v) is 2.01. The Morgan fingerprint density at radius 3 is 2.69 bits per heavy atom. The number of anilines is 1. The van der Waals surface area contributed by atoms with Gasteiger partial charge in [0, 0.05) is 19.6 Å². The number of aromatic nitrogens is 3. The molecule has 1 rings (SSSR count). The summed E-state index contributed by atoms with van der Waals surface area (Å²) in [7, 11) is -1.74. The van der Waals surface area contributed by atoms with E-state index in [9.17, 15) is 8.42 Å². The van der Waals surface area contributed by atoms with E-state index in [-0.39, 0.29) is 17.7 Å². The van der Waals surface area contributed by atoms with Crippen molar-refractivity contribution in [3.8, 4) is 0 Å². The summed E-state index contributed by atoms with van der Waals surface area (Å²) in [5.74, 6) is 0.238. The summed E-state index contributed by atoms with van der Waals surface area (Å²) in [6.07, 6.45) is 1.30. The van der Waals surface area contributed by atoms with Gasteiger partial charge in [-0.1, -0.05) is 13.8 Å². The van der Waals surface area contributed by atoms with Gasteiger partial charge in [-0.05, 0) is 0 Å². The maximum atomic E-state index is 11.6. The fraction of sp³-hybridized carbons (Fsp3) is 0.750. The Bertz CT molecular complexity index is 425. The Hall–Kier alpha value is -1.15. The topological polar surface area (TPSA) is 88.9 Å². The summed E-state index contributed by atoms with van der Waals surface area (Å²) >= 11 is 0. The van der Waals surface area contributed by atoms with Gasteiger partial charge >= 0.3 is 0 Å². The maximum absolute atomic E-state index is 11.6. The zero-order valence-electron chi connectivity index (χ0n) is 9.64. The zero-order valence-corrected chi connectivity index (χ0v) is 10.5. The predicted molar refractivity (Wildman–Crippen MR) is 61.6 cm³/mol. The molecular formula is C8H17N5O2S. The lowest BCUT2D eigenvalue weighted by Crippen LogP contribution is -2.31. The van der Waals surface area contributed by atoms with Crippen LogP contribution in [0.1, 0.15) is 13.8 Å². The second kappa shape index (κ2) is 5.26. The number of nitrogens with one attached hydrogen (secondary N) is 2. The molecule has 16 heavy (non-hydrogen) atoms. The molecule has 0 fully saturated rings. The van der Waals surface area contributed by atoms with Crippen molar-refractivity contribution in [2.45, 2.75) is 19.9 Å². The minimum absolute atomic E-state index is 0.0119. The highest BCUT2D eigenvalue weighted by Crippen LogP contribution is 2.01. The first-order chi connectivity index (χ1) is 7.41. The van der Waals surface area contributed by atoms with E-state index in [1.165, 1.54) is 11.0 Å². The van der Waals surface area contributed by atoms with Crippen molar-refractivity contribution in [2.75, 3.05) is 17.0 Å². The third kappa shape index (κ3) is 4.15. The van der Waals surface area contributed by atoms with Gasteiger partial charge in [-0.25, -0.2) is 13.1 Å². The molecule has 0 atom stereocenters. The second-order valence-electron chi connectivity index (χ2n) is 3.74. The molecule has 0 saturated carbocycles. The smallest absolute Gasteiger partial charge is 0.236 e. The summed E-state index contributed by atoms with van der Waals surface area (Å²) in [4.78, 5) is 3.79. The summed E-state index contributed by atoms with van der Waals surface area (Å²) in [6.45, 7) is 4.33. The molecule has 1 heterocycles. The first kappa shape index (κ1) is 12.9. The van der Waals surface area contributed by atoms with Gasteiger partial charge in [-0.15, -0.1) is 0 Å². The van der Waals surface area contributed by atoms with E-state index in [1.807, 2.05) is 13.8 Å². The number of aryl methyl sites for hydroxylation is 1. The van der Waals surface area contributed by atoms with E-state index < -0.39 is 10.0 Å². The first-order valence-electron chi connectivity index (χ1n) is 4.98. The summed E-state index contributed by atoms with van der Waals surface area (Å²) in [5.41, 5.74) is 0. The minimum atomic E-state index is -3.36. The van der Waals surface area contributed by atoms with E-state index in [4.69, 9.17) is 0 Å². The standard InChI is InChI=1S/C8H17N5O2S/c1-7(2)9-4-5-16(14,15)12-8-10-6-11-13(8)3/h6-7,9H,4-5H2,1-3H3,(H,10,11,12). The van der Waals surface area contributed by atoms with E-state index in [2.05, 4.69) is 20.1 Å². The molecule has 0 spiro atoms. The van der Waals surface area contributed by atoms with Crippen molar-refractivity contribution in [3.05, 3.63) is 6.33 Å². The van der Waals surface area contributed by atoms with Gasteiger partial charge in [-0.3, -0.25) is 4.72 Å². The average molecular weight is 247 g/mol. The first-order valence-corrected chi connectivity index (χ1v) is 6.64. The van der Waals surface area contributed by atoms with Gasteiger partial charge in [0.15, 0.2) is 0 Å². The number of rotatable bonds is 6. The molecule has 8 heteroatoms. The molecule has 1 aromatic heterocycles. The van der Waals surface area contributed by atoms with Crippen LogP contribution in [0.4, 0.5) is 5.95 Å². The van der Waals surface area contributed by atoms with Crippen molar-refractivity contribution in [1.29, 1.82) is 0 Å². The molecule has 0 aromatic carbocycles. The molecule has 2 N–H and O–H groups in total. The van der Waals surface area contributed by atoms with Gasteiger partial charge in [0.25, 0.3) is 0 Å². The highest BCUT2D eigenvalue weighted by Gasteiger charge is 2.13. The Kier molecular flexibility index (Phi) is 4.25. The number of sulfonamides is 1. The highest BCUT2D eigenvalue weighted by atomic mass is 32.2. The van der Waals surface area contributed by atoms with Crippen molar-refractivity contribution >= 4 is 16.0 Å². The summed E-state index contributed by atoms with van der Waals surface area (Å²) < 4.78 is 26.9. The van der Waals surface area contributed by atoms with Crippen LogP contribution in [-0.2, 0) is 17.1 Å². The molecule has 1 aromatic rings. The fourth-order valence-electron chi connectivity index (χ4n) is 1.06. The molecule has 0 saturated heterocycles. The third-order valence-electron chi connectivity index (χ3n) is 1.88. The molecule has 92 valence electrons. The Labute approximate surface area is 95.3 Å². The molecule has 0 aliphatic rings. The quantitative estimate of drug-likeness (QED) is 0.711. The van der Waals surface area contributed by atoms with Crippen LogP contribution >= 0.6 is 0 Å². The minimum Gasteiger partial charge on any atom is -0.313 e. The Morgan fingerprint density at radius 1 is 1.50 bits per heavy atom. The van der Waals surface area contributed by atoms with Crippen molar-refractivity contribution in [2.24, 2.45) is 7.05 Å². The molecule has 7 nitrogen and oxygen atoms in total. The van der Waals surface area contributed by atoms with E-state index in [0.29, 0.717) is 6.54 Å². The second-order valence-corrected chi connectivity index (χ2v) is 5.58. The monoisotopic (exact) mass is 247 g/mol. The van der Waals surface area contributed by atoms with Crippen LogP contribution in [0.15, 0.2) is 6.33 Å². The third-order valence-corrected chi connectivity index (χ3v) is 3.12. The zero-order chi connectivity index (χ0) is 12.2. The molecule has 0 aliphatic heterocycles. The Balaban J connectivity index is 2.50. The van der Waals surface area contributed by atoms with Crippen LogP contribution in [0.2, 0.25) is 0 Å². The van der Waals surface area contributed by atoms with Crippen molar-refractivity contribution in [1.82, 2.24) is 20.1 Å². The van der Waals surface area contributed by atoms with Crippen LogP contribution in [0.25, 0.3) is 0 Å². The lowest BCUT2D eigenvalue weighted by molar-refractivity contribution is 0.581. The molecular weight excluding hydrogens is 230 g/mol. The van der Waals surface area contributed by atoms with E-state index >= 15 is 0 Å². The average Bonchev–Trinajstić information content (AvgIpc) is 2.50. The van der Waals surface area contributed by atoms with Gasteiger partial charge < -0.3 is 5.32 Å². The molecule has 0 bridgehead atoms. The molecule has 0 aliphatic carbocycles. The van der Waals surface area contributed by atoms with Crippen LogP contribution < -0.4 is 10.0 Å². The van der Waals surface area contributed by atoms with E-state index in [0.717, 1.165) is 0 Å². The molecule has 0 radical (unpaired) electrons. The van der Waals surface area contributed by atoms with Crippen molar-refractivity contribution in [3.63, 3.8) is 0 Å². The number of nitrogens with zero attached hydrogens (tertiary/aromatic N) is 3. The largest absolute Gasteiger partial charge is 0.313 e. The van der Waals surface area contributed by atoms with Crippen LogP contribution in [-0.4, -0.2) is 41.5 Å². The predicted octanol–water partition coefficient (Wildman–Crippen LogP) is -0.445. The van der Waals surface area contributed by atoms with Crippen LogP contribution in [0, 0.1) is 0 Å². The number of hydrogen-bond donors (Lipinski definition) is 2. The molecule has 0 unspecified atom stereocenters. The maximum Gasteiger partial charge on any atom is 0.236 e. The normalized spacial score (nSPS) is 12.0. The number of hydrogen-bond acceptors (Lipinski definition) is 5. The van der Waals surface area contributed by atoms with Gasteiger partial charge in [0.1, 0.15) is 6.33 Å². The SMILES string of the molecule is CC(C)NCCS(=O)(=O)Nc1ncnn1C. The lowest BCUT2D eigenvalue weighted by atomic mass is 10.4. The van der Waals surface area contributed by atoms with E-state index in [1.54, 1.807) is 7.05 Å². The Morgan fingerprint density at radius 2 is 2.19 bits per heavy atom. The van der Waals surface area contributed by atoms with Crippen molar-refractivity contribution < 1.29 is 8.42 Å². The summed E-state index contributed by atoms with van der Waals surface area (Å²) in [5, 5.41) is 6.81.